The smallest absolute Gasteiger partial charge is 0.416 e. The third-order valence-corrected chi connectivity index (χ3v) is 4.40. The third-order valence-electron chi connectivity index (χ3n) is 3.62. The number of amides is 1. The number of esters is 1. The highest BCUT2D eigenvalue weighted by Crippen LogP contribution is 2.29. The number of ether oxygens (including phenoxy) is 1. The van der Waals surface area contributed by atoms with Crippen LogP contribution in [-0.4, -0.2) is 25.0 Å². The normalized spacial score (nSPS) is 12.3. The number of methoxy groups -OCH3 is 1. The molecule has 2 rings (SSSR count). The second-order valence-corrected chi connectivity index (χ2v) is 6.28. The van der Waals surface area contributed by atoms with Gasteiger partial charge in [-0.25, -0.2) is 4.79 Å². The second-order valence-electron chi connectivity index (χ2n) is 5.42. The van der Waals surface area contributed by atoms with Crippen molar-refractivity contribution in [2.24, 2.45) is 0 Å². The van der Waals surface area contributed by atoms with Crippen LogP contribution in [-0.2, 0) is 22.1 Å². The van der Waals surface area contributed by atoms with E-state index in [1.165, 1.54) is 13.2 Å². The Morgan fingerprint density at radius 2 is 1.85 bits per heavy atom. The number of hydrogen-bond acceptors (Lipinski definition) is 3. The molecule has 0 aliphatic carbocycles. The van der Waals surface area contributed by atoms with E-state index in [1.807, 2.05) is 0 Å². The van der Waals surface area contributed by atoms with Gasteiger partial charge in [-0.3, -0.25) is 4.79 Å². The maximum absolute atomic E-state index is 12.8. The van der Waals surface area contributed by atoms with Crippen LogP contribution in [0.3, 0.4) is 0 Å². The first-order chi connectivity index (χ1) is 12.2. The van der Waals surface area contributed by atoms with Gasteiger partial charge in [0.05, 0.1) is 12.7 Å². The molecule has 0 aromatic heterocycles. The molecule has 26 heavy (non-hydrogen) atoms. The van der Waals surface area contributed by atoms with Gasteiger partial charge in [-0.05, 0) is 29.8 Å². The van der Waals surface area contributed by atoms with Crippen molar-refractivity contribution in [2.75, 3.05) is 7.11 Å². The molecule has 0 spiro atoms. The molecule has 0 unspecified atom stereocenters. The maximum atomic E-state index is 12.8. The zero-order valence-electron chi connectivity index (χ0n) is 13.6. The van der Waals surface area contributed by atoms with Crippen molar-refractivity contribution in [3.05, 3.63) is 69.7 Å². The summed E-state index contributed by atoms with van der Waals surface area (Å²) in [5.74, 6) is -1.49. The van der Waals surface area contributed by atoms with Crippen LogP contribution in [0.25, 0.3) is 0 Å². The van der Waals surface area contributed by atoms with Crippen LogP contribution in [0.4, 0.5) is 13.2 Å². The number of rotatable bonds is 5. The predicted octanol–water partition coefficient (Wildman–Crippen LogP) is 3.98. The average Bonchev–Trinajstić information content (AvgIpc) is 2.61. The fourth-order valence-corrected chi connectivity index (χ4v) is 2.74. The molecule has 4 nitrogen and oxygen atoms in total. The van der Waals surface area contributed by atoms with E-state index in [0.717, 1.165) is 28.2 Å². The van der Waals surface area contributed by atoms with E-state index in [9.17, 15) is 22.8 Å². The molecule has 1 amide bonds. The molecular formula is C18H15BrF3NO3. The number of carbonyl (C=O) groups excluding carboxylic acids is 2. The van der Waals surface area contributed by atoms with E-state index in [0.29, 0.717) is 0 Å². The van der Waals surface area contributed by atoms with E-state index < -0.39 is 29.7 Å². The molecule has 2 aromatic carbocycles. The van der Waals surface area contributed by atoms with E-state index in [2.05, 4.69) is 21.2 Å². The summed E-state index contributed by atoms with van der Waals surface area (Å²) in [7, 11) is 1.17. The fourth-order valence-electron chi connectivity index (χ4n) is 2.30. The standard InChI is InChI=1S/C18H15BrF3NO3/c1-26-17(25)15(10-11-5-2-3-8-14(11)19)23-16(24)12-6-4-7-13(9-12)18(20,21)22/h2-9,15H,10H2,1H3,(H,23,24)/t15-/m1/s1. The molecule has 0 fully saturated rings. The van der Waals surface area contributed by atoms with Gasteiger partial charge in [-0.2, -0.15) is 13.2 Å². The highest BCUT2D eigenvalue weighted by Gasteiger charge is 2.31. The number of nitrogens with one attached hydrogen (secondary N) is 1. The van der Waals surface area contributed by atoms with Gasteiger partial charge in [0.1, 0.15) is 6.04 Å². The number of halogens is 4. The summed E-state index contributed by atoms with van der Waals surface area (Å²) < 4.78 is 43.8. The van der Waals surface area contributed by atoms with E-state index in [4.69, 9.17) is 4.74 Å². The molecule has 8 heteroatoms. The van der Waals surface area contributed by atoms with E-state index in [1.54, 1.807) is 24.3 Å². The summed E-state index contributed by atoms with van der Waals surface area (Å²) in [5, 5.41) is 2.44. The van der Waals surface area contributed by atoms with Gasteiger partial charge in [0.25, 0.3) is 5.91 Å². The van der Waals surface area contributed by atoms with Crippen LogP contribution in [0.2, 0.25) is 0 Å². The zero-order valence-corrected chi connectivity index (χ0v) is 15.2. The quantitative estimate of drug-likeness (QED) is 0.731. The molecule has 0 heterocycles. The topological polar surface area (TPSA) is 55.4 Å². The fraction of sp³-hybridized carbons (Fsp3) is 0.222. The Kier molecular flexibility index (Phi) is 6.42. The first-order valence-corrected chi connectivity index (χ1v) is 8.31. The van der Waals surface area contributed by atoms with Crippen molar-refractivity contribution in [2.45, 2.75) is 18.6 Å². The van der Waals surface area contributed by atoms with Gasteiger partial charge >= 0.3 is 12.1 Å². The first-order valence-electron chi connectivity index (χ1n) is 7.51. The molecule has 0 saturated heterocycles. The van der Waals surface area contributed by atoms with Crippen molar-refractivity contribution in [3.8, 4) is 0 Å². The van der Waals surface area contributed by atoms with Crippen molar-refractivity contribution in [1.29, 1.82) is 0 Å². The van der Waals surface area contributed by atoms with E-state index >= 15 is 0 Å². The summed E-state index contributed by atoms with van der Waals surface area (Å²) in [5.41, 5.74) is -0.390. The summed E-state index contributed by atoms with van der Waals surface area (Å²) >= 11 is 3.35. The van der Waals surface area contributed by atoms with Crippen LogP contribution < -0.4 is 5.32 Å². The lowest BCUT2D eigenvalue weighted by molar-refractivity contribution is -0.143. The minimum atomic E-state index is -4.56. The minimum absolute atomic E-state index is 0.124. The Hall–Kier alpha value is -2.35. The monoisotopic (exact) mass is 429 g/mol. The molecule has 1 atom stereocenters. The molecule has 0 aliphatic heterocycles. The number of carbonyl (C=O) groups is 2. The zero-order chi connectivity index (χ0) is 19.3. The van der Waals surface area contributed by atoms with Crippen molar-refractivity contribution in [1.82, 2.24) is 5.32 Å². The van der Waals surface area contributed by atoms with Crippen molar-refractivity contribution >= 4 is 27.8 Å². The largest absolute Gasteiger partial charge is 0.467 e. The molecule has 0 aliphatic rings. The number of alkyl halides is 3. The molecule has 0 bridgehead atoms. The molecule has 138 valence electrons. The van der Waals surface area contributed by atoms with Crippen LogP contribution in [0.5, 0.6) is 0 Å². The Labute approximate surface area is 156 Å². The third kappa shape index (κ3) is 5.08. The number of hydrogen-bond donors (Lipinski definition) is 1. The highest BCUT2D eigenvalue weighted by atomic mass is 79.9. The van der Waals surface area contributed by atoms with Crippen molar-refractivity contribution in [3.63, 3.8) is 0 Å². The Balaban J connectivity index is 2.22. The molecule has 2 aromatic rings. The summed E-state index contributed by atoms with van der Waals surface area (Å²) in [6.45, 7) is 0. The van der Waals surface area contributed by atoms with Gasteiger partial charge in [-0.15, -0.1) is 0 Å². The van der Waals surface area contributed by atoms with Gasteiger partial charge < -0.3 is 10.1 Å². The maximum Gasteiger partial charge on any atom is 0.416 e. The van der Waals surface area contributed by atoms with Crippen LogP contribution >= 0.6 is 15.9 Å². The lowest BCUT2D eigenvalue weighted by atomic mass is 10.0. The lowest BCUT2D eigenvalue weighted by Gasteiger charge is -2.18. The lowest BCUT2D eigenvalue weighted by Crippen LogP contribution is -2.43. The SMILES string of the molecule is COC(=O)[C@@H](Cc1ccccc1Br)NC(=O)c1cccc(C(F)(F)F)c1. The number of benzene rings is 2. The predicted molar refractivity (Wildman–Crippen MR) is 92.6 cm³/mol. The van der Waals surface area contributed by atoms with Crippen LogP contribution in [0.15, 0.2) is 53.0 Å². The summed E-state index contributed by atoms with van der Waals surface area (Å²) in [4.78, 5) is 24.3. The Bertz CT molecular complexity index is 808. The van der Waals surface area contributed by atoms with Crippen LogP contribution in [0.1, 0.15) is 21.5 Å². The van der Waals surface area contributed by atoms with Gasteiger partial charge in [0.15, 0.2) is 0 Å². The van der Waals surface area contributed by atoms with Crippen molar-refractivity contribution < 1.29 is 27.5 Å². The molecular weight excluding hydrogens is 415 g/mol. The Morgan fingerprint density at radius 1 is 1.15 bits per heavy atom. The van der Waals surface area contributed by atoms with Gasteiger partial charge in [0, 0.05) is 16.5 Å². The highest BCUT2D eigenvalue weighted by molar-refractivity contribution is 9.10. The Morgan fingerprint density at radius 3 is 2.46 bits per heavy atom. The van der Waals surface area contributed by atoms with Crippen LogP contribution in [0, 0.1) is 0 Å². The summed E-state index contributed by atoms with van der Waals surface area (Å²) in [6, 6.07) is 10.0. The second kappa shape index (κ2) is 8.35. The summed E-state index contributed by atoms with van der Waals surface area (Å²) in [6.07, 6.45) is -4.44. The first kappa shape index (κ1) is 20.0. The molecule has 0 radical (unpaired) electrons. The molecule has 0 saturated carbocycles. The average molecular weight is 430 g/mol. The molecule has 1 N–H and O–H groups in total. The van der Waals surface area contributed by atoms with E-state index in [-0.39, 0.29) is 12.0 Å². The van der Waals surface area contributed by atoms with Gasteiger partial charge in [-0.1, -0.05) is 40.2 Å². The van der Waals surface area contributed by atoms with Gasteiger partial charge in [0.2, 0.25) is 0 Å². The minimum Gasteiger partial charge on any atom is -0.467 e.